The van der Waals surface area contributed by atoms with Crippen LogP contribution in [-0.2, 0) is 0 Å². The largest absolute Gasteiger partial charge is 0.480 e. The van der Waals surface area contributed by atoms with E-state index in [2.05, 4.69) is 5.32 Å². The summed E-state index contributed by atoms with van der Waals surface area (Å²) in [5, 5.41) is 12.1. The van der Waals surface area contributed by atoms with Gasteiger partial charge in [0, 0.05) is 11.3 Å². The van der Waals surface area contributed by atoms with Gasteiger partial charge in [0.25, 0.3) is 5.91 Å². The van der Waals surface area contributed by atoms with Crippen LogP contribution in [0.4, 0.5) is 5.69 Å². The molecule has 0 saturated carbocycles. The molecule has 1 aromatic carbocycles. The van der Waals surface area contributed by atoms with Gasteiger partial charge in [-0.25, -0.2) is 0 Å². The lowest BCUT2D eigenvalue weighted by Crippen LogP contribution is -2.35. The third-order valence-electron chi connectivity index (χ3n) is 3.29. The Balaban J connectivity index is 1.80. The van der Waals surface area contributed by atoms with Crippen LogP contribution < -0.4 is 10.1 Å². The van der Waals surface area contributed by atoms with Gasteiger partial charge in [-0.05, 0) is 43.3 Å². The SMILES string of the molecule is CC1(CO)C=Cc2cc(NC(=O)c3ccco3)ccc2O1. The summed E-state index contributed by atoms with van der Waals surface area (Å²) in [4.78, 5) is 11.9. The normalized spacial score (nSPS) is 19.7. The monoisotopic (exact) mass is 285 g/mol. The van der Waals surface area contributed by atoms with Gasteiger partial charge in [0.2, 0.25) is 0 Å². The molecule has 0 radical (unpaired) electrons. The van der Waals surface area contributed by atoms with E-state index in [1.807, 2.05) is 12.1 Å². The number of carbonyl (C=O) groups excluding carboxylic acids is 1. The summed E-state index contributed by atoms with van der Waals surface area (Å²) in [6.07, 6.45) is 5.12. The lowest BCUT2D eigenvalue weighted by atomic mass is 10.0. The van der Waals surface area contributed by atoms with E-state index in [0.29, 0.717) is 11.4 Å². The fourth-order valence-corrected chi connectivity index (χ4v) is 2.09. The second kappa shape index (κ2) is 5.10. The molecule has 5 nitrogen and oxygen atoms in total. The summed E-state index contributed by atoms with van der Waals surface area (Å²) >= 11 is 0. The number of nitrogens with one attached hydrogen (secondary N) is 1. The summed E-state index contributed by atoms with van der Waals surface area (Å²) in [6, 6.07) is 8.59. The molecule has 0 saturated heterocycles. The Labute approximate surface area is 121 Å². The Morgan fingerprint density at radius 3 is 2.95 bits per heavy atom. The van der Waals surface area contributed by atoms with Crippen molar-refractivity contribution in [3.63, 3.8) is 0 Å². The number of hydrogen-bond donors (Lipinski definition) is 2. The van der Waals surface area contributed by atoms with Crippen molar-refractivity contribution >= 4 is 17.7 Å². The molecule has 0 spiro atoms. The number of amides is 1. The minimum absolute atomic E-state index is 0.0973. The average molecular weight is 285 g/mol. The van der Waals surface area contributed by atoms with Crippen LogP contribution in [0, 0.1) is 0 Å². The number of furan rings is 1. The molecule has 1 aromatic heterocycles. The van der Waals surface area contributed by atoms with Gasteiger partial charge in [0.15, 0.2) is 5.76 Å². The van der Waals surface area contributed by atoms with Crippen molar-refractivity contribution in [3.8, 4) is 5.75 Å². The highest BCUT2D eigenvalue weighted by molar-refractivity contribution is 6.02. The highest BCUT2D eigenvalue weighted by atomic mass is 16.5. The average Bonchev–Trinajstić information content (AvgIpc) is 3.02. The van der Waals surface area contributed by atoms with Crippen molar-refractivity contribution in [1.82, 2.24) is 0 Å². The van der Waals surface area contributed by atoms with E-state index in [1.165, 1.54) is 6.26 Å². The molecule has 2 N–H and O–H groups in total. The predicted molar refractivity (Wildman–Crippen MR) is 78.3 cm³/mol. The molecular formula is C16H15NO4. The lowest BCUT2D eigenvalue weighted by Gasteiger charge is -2.29. The van der Waals surface area contributed by atoms with Gasteiger partial charge in [-0.1, -0.05) is 6.08 Å². The molecule has 21 heavy (non-hydrogen) atoms. The van der Waals surface area contributed by atoms with Gasteiger partial charge in [0.05, 0.1) is 12.9 Å². The molecule has 1 aliphatic rings. The zero-order valence-electron chi connectivity index (χ0n) is 11.5. The molecule has 2 heterocycles. The van der Waals surface area contributed by atoms with E-state index in [0.717, 1.165) is 5.56 Å². The van der Waals surface area contributed by atoms with Crippen molar-refractivity contribution in [1.29, 1.82) is 0 Å². The van der Waals surface area contributed by atoms with E-state index < -0.39 is 5.60 Å². The molecule has 3 rings (SSSR count). The number of aliphatic hydroxyl groups excluding tert-OH is 1. The van der Waals surface area contributed by atoms with Crippen LogP contribution in [0.15, 0.2) is 47.1 Å². The van der Waals surface area contributed by atoms with Gasteiger partial charge in [-0.2, -0.15) is 0 Å². The maximum absolute atomic E-state index is 11.9. The van der Waals surface area contributed by atoms with Crippen molar-refractivity contribution in [3.05, 3.63) is 54.0 Å². The number of rotatable bonds is 3. The minimum Gasteiger partial charge on any atom is -0.480 e. The fraction of sp³-hybridized carbons (Fsp3) is 0.188. The lowest BCUT2D eigenvalue weighted by molar-refractivity contribution is 0.0641. The number of fused-ring (bicyclic) bond motifs is 1. The first-order valence-corrected chi connectivity index (χ1v) is 6.58. The molecule has 1 unspecified atom stereocenters. The smallest absolute Gasteiger partial charge is 0.291 e. The summed E-state index contributed by atoms with van der Waals surface area (Å²) in [7, 11) is 0. The Morgan fingerprint density at radius 1 is 1.38 bits per heavy atom. The minimum atomic E-state index is -0.702. The van der Waals surface area contributed by atoms with E-state index in [-0.39, 0.29) is 18.3 Å². The highest BCUT2D eigenvalue weighted by Crippen LogP contribution is 2.32. The second-order valence-electron chi connectivity index (χ2n) is 5.09. The van der Waals surface area contributed by atoms with Gasteiger partial charge < -0.3 is 19.6 Å². The summed E-state index contributed by atoms with van der Waals surface area (Å²) in [6.45, 7) is 1.71. The zero-order valence-corrected chi connectivity index (χ0v) is 11.5. The summed E-state index contributed by atoms with van der Waals surface area (Å²) in [5.41, 5.74) is 0.792. The number of aliphatic hydroxyl groups is 1. The molecule has 1 aliphatic heterocycles. The Bertz CT molecular complexity index is 690. The maximum atomic E-state index is 11.9. The number of hydrogen-bond acceptors (Lipinski definition) is 4. The first-order chi connectivity index (χ1) is 10.1. The quantitative estimate of drug-likeness (QED) is 0.909. The van der Waals surface area contributed by atoms with Crippen LogP contribution in [0.2, 0.25) is 0 Å². The Kier molecular flexibility index (Phi) is 3.27. The topological polar surface area (TPSA) is 71.7 Å². The van der Waals surface area contributed by atoms with Crippen LogP contribution in [0.1, 0.15) is 23.0 Å². The molecule has 2 aromatic rings. The van der Waals surface area contributed by atoms with Gasteiger partial charge in [0.1, 0.15) is 11.4 Å². The van der Waals surface area contributed by atoms with Crippen molar-refractivity contribution in [2.24, 2.45) is 0 Å². The molecule has 0 fully saturated rings. The second-order valence-corrected chi connectivity index (χ2v) is 5.09. The fourth-order valence-electron chi connectivity index (χ4n) is 2.09. The zero-order chi connectivity index (χ0) is 14.9. The molecule has 0 bridgehead atoms. The Hall–Kier alpha value is -2.53. The molecule has 1 atom stereocenters. The van der Waals surface area contributed by atoms with Crippen molar-refractivity contribution < 1.29 is 19.1 Å². The maximum Gasteiger partial charge on any atom is 0.291 e. The highest BCUT2D eigenvalue weighted by Gasteiger charge is 2.26. The molecule has 5 heteroatoms. The van der Waals surface area contributed by atoms with E-state index in [4.69, 9.17) is 9.15 Å². The van der Waals surface area contributed by atoms with Gasteiger partial charge in [-0.3, -0.25) is 4.79 Å². The first kappa shape index (κ1) is 13.5. The summed E-state index contributed by atoms with van der Waals surface area (Å²) in [5.74, 6) is 0.623. The first-order valence-electron chi connectivity index (χ1n) is 6.58. The van der Waals surface area contributed by atoms with Crippen molar-refractivity contribution in [2.75, 3.05) is 11.9 Å². The molecular weight excluding hydrogens is 270 g/mol. The van der Waals surface area contributed by atoms with Crippen molar-refractivity contribution in [2.45, 2.75) is 12.5 Å². The van der Waals surface area contributed by atoms with Crippen LogP contribution in [0.3, 0.4) is 0 Å². The standard InChI is InChI=1S/C16H15NO4/c1-16(10-18)7-6-11-9-12(4-5-13(11)21-16)17-15(19)14-3-2-8-20-14/h2-9,18H,10H2,1H3,(H,17,19). The van der Waals surface area contributed by atoms with Gasteiger partial charge in [-0.15, -0.1) is 0 Å². The molecule has 0 aliphatic carbocycles. The summed E-state index contributed by atoms with van der Waals surface area (Å²) < 4.78 is 10.8. The third kappa shape index (κ3) is 2.68. The van der Waals surface area contributed by atoms with Crippen LogP contribution in [0.5, 0.6) is 5.75 Å². The van der Waals surface area contributed by atoms with E-state index in [9.17, 15) is 9.90 Å². The molecule has 1 amide bonds. The van der Waals surface area contributed by atoms with Crippen LogP contribution >= 0.6 is 0 Å². The third-order valence-corrected chi connectivity index (χ3v) is 3.29. The number of ether oxygens (including phenoxy) is 1. The van der Waals surface area contributed by atoms with E-state index in [1.54, 1.807) is 37.3 Å². The number of carbonyl (C=O) groups is 1. The van der Waals surface area contributed by atoms with Crippen LogP contribution in [0.25, 0.3) is 6.08 Å². The molecule has 108 valence electrons. The van der Waals surface area contributed by atoms with Gasteiger partial charge >= 0.3 is 0 Å². The Morgan fingerprint density at radius 2 is 2.24 bits per heavy atom. The number of anilines is 1. The number of benzene rings is 1. The van der Waals surface area contributed by atoms with Crippen LogP contribution in [-0.4, -0.2) is 23.2 Å². The predicted octanol–water partition coefficient (Wildman–Crippen LogP) is 2.69. The van der Waals surface area contributed by atoms with E-state index >= 15 is 0 Å².